The summed E-state index contributed by atoms with van der Waals surface area (Å²) < 4.78 is 0. The van der Waals surface area contributed by atoms with Crippen molar-refractivity contribution in [2.24, 2.45) is 0 Å². The first-order valence-electron chi connectivity index (χ1n) is 8.08. The van der Waals surface area contributed by atoms with Crippen molar-refractivity contribution in [3.8, 4) is 0 Å². The molecule has 2 aromatic rings. The van der Waals surface area contributed by atoms with Crippen LogP contribution in [0.2, 0.25) is 0 Å². The summed E-state index contributed by atoms with van der Waals surface area (Å²) >= 11 is 0. The number of hydrogen-bond donors (Lipinski definition) is 0. The minimum Gasteiger partial charge on any atom is -1.00 e. The van der Waals surface area contributed by atoms with Crippen molar-refractivity contribution >= 4 is 11.1 Å². The maximum Gasteiger partial charge on any atom is 4.00 e. The van der Waals surface area contributed by atoms with Crippen molar-refractivity contribution in [3.05, 3.63) is 121 Å². The van der Waals surface area contributed by atoms with Crippen molar-refractivity contribution < 1.29 is 50.7 Å². The van der Waals surface area contributed by atoms with Crippen LogP contribution in [0.3, 0.4) is 0 Å². The molecule has 0 fully saturated rings. The molecule has 2 aromatic carbocycles. The van der Waals surface area contributed by atoms with E-state index in [0.717, 1.165) is 12.8 Å². The predicted molar refractivity (Wildman–Crippen MR) is 105 cm³/mol. The normalized spacial score (nSPS) is 12.4. The molecule has 0 atom stereocenters. The first-order valence-corrected chi connectivity index (χ1v) is 8.08. The van der Waals surface area contributed by atoms with Gasteiger partial charge < -0.3 is 24.8 Å². The van der Waals surface area contributed by atoms with Crippen molar-refractivity contribution in [2.45, 2.75) is 12.8 Å². The first kappa shape index (κ1) is 27.8. The van der Waals surface area contributed by atoms with Gasteiger partial charge in [0.05, 0.1) is 0 Å². The van der Waals surface area contributed by atoms with E-state index in [9.17, 15) is 0 Å². The van der Waals surface area contributed by atoms with Gasteiger partial charge in [0.1, 0.15) is 0 Å². The van der Waals surface area contributed by atoms with Crippen LogP contribution in [0.15, 0.2) is 98.1 Å². The standard InChI is InChI=1S/2C11H9.C2H4.2ClH.Hf/c2*1-2-6-10(7-3-1)11-8-4-5-9-11;1-2;;;/h2*1-3,6-9H,4H2;1-2H2;2*1H;/q2*-1;;;;+4/p-2. The molecular formula is C24H22Cl2Hf. The second-order valence-electron chi connectivity index (χ2n) is 5.16. The molecule has 0 nitrogen and oxygen atoms in total. The number of benzene rings is 2. The average Bonchev–Trinajstić information content (AvgIpc) is 3.39. The zero-order chi connectivity index (χ0) is 17.0. The predicted octanol–water partition coefficient (Wildman–Crippen LogP) is 0.474. The Morgan fingerprint density at radius 2 is 0.926 bits per heavy atom. The quantitative estimate of drug-likeness (QED) is 0.285. The Kier molecular flexibility index (Phi) is 17.2. The summed E-state index contributed by atoms with van der Waals surface area (Å²) in [5, 5.41) is 0. The minimum absolute atomic E-state index is 0. The summed E-state index contributed by atoms with van der Waals surface area (Å²) in [6.45, 7) is 6.00. The molecule has 0 radical (unpaired) electrons. The summed E-state index contributed by atoms with van der Waals surface area (Å²) in [5.41, 5.74) is 5.17. The molecule has 27 heavy (non-hydrogen) atoms. The van der Waals surface area contributed by atoms with E-state index in [-0.39, 0.29) is 50.7 Å². The topological polar surface area (TPSA) is 0 Å². The van der Waals surface area contributed by atoms with Crippen molar-refractivity contribution in [2.75, 3.05) is 0 Å². The molecule has 2 aliphatic rings. The van der Waals surface area contributed by atoms with Gasteiger partial charge in [0.15, 0.2) is 0 Å². The minimum atomic E-state index is 0. The molecule has 136 valence electrons. The van der Waals surface area contributed by atoms with Crippen LogP contribution in [0, 0.1) is 12.2 Å². The maximum atomic E-state index is 3.15. The smallest absolute Gasteiger partial charge is 1.00 e. The molecule has 0 amide bonds. The van der Waals surface area contributed by atoms with Crippen LogP contribution < -0.4 is 24.8 Å². The van der Waals surface area contributed by atoms with Gasteiger partial charge in [-0.2, -0.15) is 23.3 Å². The van der Waals surface area contributed by atoms with Gasteiger partial charge in [0.25, 0.3) is 0 Å². The van der Waals surface area contributed by atoms with E-state index in [2.05, 4.69) is 98.1 Å². The molecule has 0 heterocycles. The van der Waals surface area contributed by atoms with Gasteiger partial charge in [-0.25, -0.2) is 12.2 Å². The van der Waals surface area contributed by atoms with E-state index in [4.69, 9.17) is 0 Å². The van der Waals surface area contributed by atoms with Crippen LogP contribution in [0.1, 0.15) is 24.0 Å². The van der Waals surface area contributed by atoms with Crippen LogP contribution in [-0.4, -0.2) is 0 Å². The van der Waals surface area contributed by atoms with Gasteiger partial charge in [-0.3, -0.25) is 12.2 Å². The van der Waals surface area contributed by atoms with Gasteiger partial charge in [-0.15, -0.1) is 37.1 Å². The van der Waals surface area contributed by atoms with Crippen LogP contribution >= 0.6 is 0 Å². The van der Waals surface area contributed by atoms with E-state index in [1.54, 1.807) is 0 Å². The molecule has 0 spiro atoms. The molecule has 0 aliphatic heterocycles. The molecular weight excluding hydrogens is 538 g/mol. The van der Waals surface area contributed by atoms with E-state index in [1.807, 2.05) is 12.1 Å². The Bertz CT molecular complexity index is 679. The van der Waals surface area contributed by atoms with Crippen LogP contribution in [0.4, 0.5) is 0 Å². The molecule has 0 unspecified atom stereocenters. The Hall–Kier alpha value is -1.41. The first-order chi connectivity index (χ1) is 11.9. The largest absolute Gasteiger partial charge is 4.00 e. The Balaban J connectivity index is 0. The fraction of sp³-hybridized carbons (Fsp3) is 0.0833. The SMILES string of the molecule is C=C.[C-]1=CC(c2ccccc2)=CC1.[C-]1=CC(c2ccccc2)=CC1.[Cl-].[Cl-].[Hf+4]. The number of rotatable bonds is 2. The van der Waals surface area contributed by atoms with Crippen LogP contribution in [0.5, 0.6) is 0 Å². The number of allylic oxidation sites excluding steroid dienone is 8. The molecule has 0 aromatic heterocycles. The van der Waals surface area contributed by atoms with Gasteiger partial charge in [0, 0.05) is 0 Å². The fourth-order valence-corrected chi connectivity index (χ4v) is 2.46. The van der Waals surface area contributed by atoms with Gasteiger partial charge in [0.2, 0.25) is 0 Å². The second kappa shape index (κ2) is 16.7. The zero-order valence-electron chi connectivity index (χ0n) is 15.2. The van der Waals surface area contributed by atoms with Gasteiger partial charge in [-0.1, -0.05) is 60.7 Å². The third-order valence-corrected chi connectivity index (χ3v) is 3.61. The maximum absolute atomic E-state index is 3.15. The molecule has 4 rings (SSSR count). The average molecular weight is 560 g/mol. The fourth-order valence-electron chi connectivity index (χ4n) is 2.46. The Labute approximate surface area is 195 Å². The number of hydrogen-bond acceptors (Lipinski definition) is 0. The van der Waals surface area contributed by atoms with E-state index >= 15 is 0 Å². The summed E-state index contributed by atoms with van der Waals surface area (Å²) in [7, 11) is 0. The monoisotopic (exact) mass is 560 g/mol. The molecule has 0 N–H and O–H groups in total. The van der Waals surface area contributed by atoms with Gasteiger partial charge >= 0.3 is 25.8 Å². The summed E-state index contributed by atoms with van der Waals surface area (Å²) in [6.07, 6.45) is 16.7. The summed E-state index contributed by atoms with van der Waals surface area (Å²) in [4.78, 5) is 0. The third kappa shape index (κ3) is 9.37. The molecule has 0 bridgehead atoms. The number of halogens is 2. The molecule has 2 aliphatic carbocycles. The zero-order valence-corrected chi connectivity index (χ0v) is 20.3. The van der Waals surface area contributed by atoms with E-state index in [1.165, 1.54) is 22.3 Å². The Morgan fingerprint density at radius 3 is 1.19 bits per heavy atom. The molecule has 0 saturated carbocycles. The Morgan fingerprint density at radius 1 is 0.593 bits per heavy atom. The van der Waals surface area contributed by atoms with Gasteiger partial charge in [-0.05, 0) is 0 Å². The summed E-state index contributed by atoms with van der Waals surface area (Å²) in [6, 6.07) is 20.8. The van der Waals surface area contributed by atoms with E-state index < -0.39 is 0 Å². The van der Waals surface area contributed by atoms with Crippen molar-refractivity contribution in [1.29, 1.82) is 0 Å². The van der Waals surface area contributed by atoms with Crippen LogP contribution in [-0.2, 0) is 25.8 Å². The van der Waals surface area contributed by atoms with E-state index in [0.29, 0.717) is 0 Å². The second-order valence-corrected chi connectivity index (χ2v) is 5.16. The summed E-state index contributed by atoms with van der Waals surface area (Å²) in [5.74, 6) is 0. The third-order valence-electron chi connectivity index (χ3n) is 3.61. The van der Waals surface area contributed by atoms with Crippen LogP contribution in [0.25, 0.3) is 11.1 Å². The molecule has 3 heteroatoms. The van der Waals surface area contributed by atoms with Crippen molar-refractivity contribution in [1.82, 2.24) is 0 Å². The molecule has 0 saturated heterocycles. The van der Waals surface area contributed by atoms with Crippen molar-refractivity contribution in [3.63, 3.8) is 0 Å².